The van der Waals surface area contributed by atoms with Crippen LogP contribution in [0.4, 0.5) is 31.3 Å². The quantitative estimate of drug-likeness (QED) is 0.250. The number of carbonyl (C=O) groups is 3. The van der Waals surface area contributed by atoms with Crippen LogP contribution in [0.25, 0.3) is 21.9 Å². The Morgan fingerprint density at radius 1 is 0.917 bits per heavy atom. The molecule has 1 spiro atoms. The Morgan fingerprint density at radius 2 is 1.58 bits per heavy atom. The van der Waals surface area contributed by atoms with E-state index >= 15 is 4.39 Å². The second-order valence-corrected chi connectivity index (χ2v) is 14.6. The van der Waals surface area contributed by atoms with Gasteiger partial charge in [0, 0.05) is 59.7 Å². The van der Waals surface area contributed by atoms with E-state index in [0.717, 1.165) is 23.4 Å². The van der Waals surface area contributed by atoms with Crippen molar-refractivity contribution in [3.63, 3.8) is 0 Å². The van der Waals surface area contributed by atoms with Crippen molar-refractivity contribution in [1.82, 2.24) is 24.6 Å². The Labute approximate surface area is 278 Å². The molecular weight excluding hydrogens is 617 g/mol. The van der Waals surface area contributed by atoms with Crippen LogP contribution in [-0.2, 0) is 26.2 Å². The first-order valence-electron chi connectivity index (χ1n) is 15.8. The highest BCUT2D eigenvalue weighted by molar-refractivity contribution is 6.10. The van der Waals surface area contributed by atoms with Crippen molar-refractivity contribution in [2.75, 3.05) is 23.8 Å². The number of aromatic nitrogens is 4. The van der Waals surface area contributed by atoms with Crippen molar-refractivity contribution in [2.24, 2.45) is 0 Å². The van der Waals surface area contributed by atoms with E-state index < -0.39 is 29.2 Å². The first-order valence-corrected chi connectivity index (χ1v) is 15.8. The largest absolute Gasteiger partial charge is 0.443 e. The number of hydrogen-bond donors (Lipinski definition) is 1. The van der Waals surface area contributed by atoms with Gasteiger partial charge in [-0.25, -0.2) is 19.0 Å². The highest BCUT2D eigenvalue weighted by Gasteiger charge is 2.50. The number of halogens is 1. The lowest BCUT2D eigenvalue weighted by Crippen LogP contribution is -2.44. The number of amides is 3. The van der Waals surface area contributed by atoms with Crippen LogP contribution in [0.3, 0.4) is 0 Å². The first kappa shape index (κ1) is 32.9. The van der Waals surface area contributed by atoms with Crippen molar-refractivity contribution in [3.8, 4) is 11.1 Å². The number of nitrogens with zero attached hydrogens (tertiary/aromatic N) is 6. The van der Waals surface area contributed by atoms with Crippen molar-refractivity contribution in [1.29, 1.82) is 0 Å². The molecule has 0 radical (unpaired) electrons. The molecule has 12 nitrogen and oxygen atoms in total. The highest BCUT2D eigenvalue weighted by Crippen LogP contribution is 2.50. The number of imide groups is 1. The van der Waals surface area contributed by atoms with E-state index in [2.05, 4.69) is 20.4 Å². The molecule has 13 heteroatoms. The molecule has 3 amide bonds. The van der Waals surface area contributed by atoms with E-state index in [9.17, 15) is 14.4 Å². The van der Waals surface area contributed by atoms with E-state index in [1.165, 1.54) is 18.5 Å². The van der Waals surface area contributed by atoms with Crippen molar-refractivity contribution in [3.05, 3.63) is 59.9 Å². The normalized spacial score (nSPS) is 15.6. The summed E-state index contributed by atoms with van der Waals surface area (Å²) in [6, 6.07) is 6.81. The van der Waals surface area contributed by atoms with Gasteiger partial charge < -0.3 is 19.7 Å². The third-order valence-electron chi connectivity index (χ3n) is 8.36. The fraction of sp³-hybridized carbons (Fsp3) is 0.429. The molecule has 252 valence electrons. The molecule has 1 aromatic carbocycles. The van der Waals surface area contributed by atoms with Gasteiger partial charge in [0.15, 0.2) is 5.82 Å². The number of likely N-dealkylation sites (N-methyl/N-ethyl adjacent to an activating group) is 1. The third kappa shape index (κ3) is 6.54. The van der Waals surface area contributed by atoms with Gasteiger partial charge >= 0.3 is 12.2 Å². The zero-order valence-corrected chi connectivity index (χ0v) is 28.5. The molecule has 0 saturated heterocycles. The van der Waals surface area contributed by atoms with E-state index in [-0.39, 0.29) is 29.1 Å². The summed E-state index contributed by atoms with van der Waals surface area (Å²) in [6.45, 7) is 12.6. The van der Waals surface area contributed by atoms with Gasteiger partial charge in [-0.05, 0) is 90.5 Å². The van der Waals surface area contributed by atoms with E-state index in [4.69, 9.17) is 9.47 Å². The van der Waals surface area contributed by atoms with Gasteiger partial charge in [0.2, 0.25) is 5.91 Å². The van der Waals surface area contributed by atoms with Gasteiger partial charge in [0.25, 0.3) is 0 Å². The van der Waals surface area contributed by atoms with Gasteiger partial charge in [-0.15, -0.1) is 0 Å². The summed E-state index contributed by atoms with van der Waals surface area (Å²) in [4.78, 5) is 50.6. The molecule has 3 aromatic heterocycles. The zero-order chi connectivity index (χ0) is 34.8. The lowest BCUT2D eigenvalue weighted by atomic mass is 9.98. The Kier molecular flexibility index (Phi) is 7.92. The fourth-order valence-electron chi connectivity index (χ4n) is 5.93. The molecule has 6 rings (SSSR count). The Hall–Kier alpha value is -5.07. The SMILES string of the molecule is Cc1c(-c2cc3cc(Nc4cc5n(n4)CC(=O)N(C)CC54CC4)ncc3cc2F)cncc1N(C(=O)OC(C)(C)C)C(=O)OC(C)(C)C. The molecule has 4 heterocycles. The van der Waals surface area contributed by atoms with Crippen LogP contribution in [0.5, 0.6) is 0 Å². The predicted octanol–water partition coefficient (Wildman–Crippen LogP) is 6.86. The summed E-state index contributed by atoms with van der Waals surface area (Å²) in [7, 11) is 1.83. The second-order valence-electron chi connectivity index (χ2n) is 14.6. The number of anilines is 3. The van der Waals surface area contributed by atoms with Crippen LogP contribution in [0.1, 0.15) is 65.6 Å². The van der Waals surface area contributed by atoms with Crippen LogP contribution >= 0.6 is 0 Å². The molecule has 2 aliphatic rings. The number of pyridine rings is 2. The van der Waals surface area contributed by atoms with Crippen molar-refractivity contribution < 1.29 is 28.2 Å². The number of ether oxygens (including phenoxy) is 2. The first-order chi connectivity index (χ1) is 22.4. The van der Waals surface area contributed by atoms with Crippen LogP contribution in [-0.4, -0.2) is 67.5 Å². The van der Waals surface area contributed by atoms with Crippen LogP contribution < -0.4 is 10.2 Å². The Bertz CT molecular complexity index is 1930. The number of fused-ring (bicyclic) bond motifs is 3. The molecule has 1 N–H and O–H groups in total. The van der Waals surface area contributed by atoms with Gasteiger partial charge in [0.1, 0.15) is 29.4 Å². The summed E-state index contributed by atoms with van der Waals surface area (Å²) >= 11 is 0. The Morgan fingerprint density at radius 3 is 2.21 bits per heavy atom. The predicted molar refractivity (Wildman–Crippen MR) is 179 cm³/mol. The minimum absolute atomic E-state index is 0.0159. The topological polar surface area (TPSA) is 132 Å². The summed E-state index contributed by atoms with van der Waals surface area (Å²) in [6.07, 6.45) is 4.51. The van der Waals surface area contributed by atoms with Crippen molar-refractivity contribution in [2.45, 2.75) is 84.5 Å². The molecular formula is C35H40FN7O5. The third-order valence-corrected chi connectivity index (χ3v) is 8.36. The van der Waals surface area contributed by atoms with Gasteiger partial charge in [0.05, 0.1) is 11.9 Å². The summed E-state index contributed by atoms with van der Waals surface area (Å²) in [5.74, 6) is 0.545. The lowest BCUT2D eigenvalue weighted by molar-refractivity contribution is -0.130. The molecule has 1 saturated carbocycles. The lowest BCUT2D eigenvalue weighted by Gasteiger charge is -2.29. The molecule has 4 aromatic rings. The molecule has 48 heavy (non-hydrogen) atoms. The van der Waals surface area contributed by atoms with E-state index in [1.54, 1.807) is 76.4 Å². The zero-order valence-electron chi connectivity index (χ0n) is 28.5. The number of carbonyl (C=O) groups excluding carboxylic acids is 3. The fourth-order valence-corrected chi connectivity index (χ4v) is 5.93. The van der Waals surface area contributed by atoms with Gasteiger partial charge in [-0.3, -0.25) is 14.5 Å². The standard InChI is InChI=1S/C35H40FN7O5/c1-20-24(16-37-17-26(20)43(31(45)47-33(2,3)4)32(46)48-34(5,6)7)23-11-21-13-28(38-15-22(21)12-25(23)36)39-29-14-27-35(9-10-35)19-41(8)30(44)18-42(27)40-29/h11-17H,9-10,18-19H2,1-8H3,(H,38,39,40). The van der Waals surface area contributed by atoms with Crippen LogP contribution in [0.2, 0.25) is 0 Å². The summed E-state index contributed by atoms with van der Waals surface area (Å²) in [5, 5.41) is 9.17. The number of nitrogens with one attached hydrogen (secondary N) is 1. The highest BCUT2D eigenvalue weighted by atomic mass is 19.1. The van der Waals surface area contributed by atoms with Crippen LogP contribution in [0.15, 0.2) is 42.9 Å². The van der Waals surface area contributed by atoms with Gasteiger partial charge in [-0.2, -0.15) is 10.00 Å². The maximum absolute atomic E-state index is 15.7. The van der Waals surface area contributed by atoms with Gasteiger partial charge in [-0.1, -0.05) is 0 Å². The monoisotopic (exact) mass is 657 g/mol. The molecule has 0 unspecified atom stereocenters. The molecule has 0 atom stereocenters. The second kappa shape index (κ2) is 11.6. The maximum atomic E-state index is 15.7. The molecule has 1 aliphatic heterocycles. The number of hydrogen-bond acceptors (Lipinski definition) is 9. The average molecular weight is 658 g/mol. The van der Waals surface area contributed by atoms with Crippen molar-refractivity contribution >= 4 is 46.2 Å². The average Bonchev–Trinajstić information content (AvgIpc) is 3.64. The number of benzene rings is 1. The summed E-state index contributed by atoms with van der Waals surface area (Å²) in [5.41, 5.74) is 0.269. The maximum Gasteiger partial charge on any atom is 0.424 e. The smallest absolute Gasteiger partial charge is 0.424 e. The van der Waals surface area contributed by atoms with E-state index in [0.29, 0.717) is 40.1 Å². The number of rotatable bonds is 4. The minimum Gasteiger partial charge on any atom is -0.443 e. The molecule has 1 fully saturated rings. The summed E-state index contributed by atoms with van der Waals surface area (Å²) < 4.78 is 28.6. The Balaban J connectivity index is 1.34. The molecule has 0 bridgehead atoms. The minimum atomic E-state index is -0.944. The molecule has 1 aliphatic carbocycles. The van der Waals surface area contributed by atoms with E-state index in [1.807, 2.05) is 13.1 Å². The van der Waals surface area contributed by atoms with Crippen LogP contribution in [0, 0.1) is 12.7 Å².